The van der Waals surface area contributed by atoms with Gasteiger partial charge < -0.3 is 15.0 Å². The number of ether oxygens (including phenoxy) is 2. The van der Waals surface area contributed by atoms with Crippen molar-refractivity contribution in [2.45, 2.75) is 56.7 Å². The molecule has 2 fully saturated rings. The van der Waals surface area contributed by atoms with Gasteiger partial charge >= 0.3 is 6.36 Å². The molecule has 1 N–H and O–H groups in total. The van der Waals surface area contributed by atoms with Crippen molar-refractivity contribution in [1.82, 2.24) is 20.0 Å². The second-order valence-corrected chi connectivity index (χ2v) is 9.28. The lowest BCUT2D eigenvalue weighted by atomic mass is 9.91. The van der Waals surface area contributed by atoms with Gasteiger partial charge in [0.15, 0.2) is 6.61 Å². The average molecular weight is 533 g/mol. The molecule has 1 saturated heterocycles. The first kappa shape index (κ1) is 26.2. The molecule has 0 radical (unpaired) electrons. The molecule has 4 rings (SSSR count). The fraction of sp³-hybridized carbons (Fsp3) is 0.522. The highest BCUT2D eigenvalue weighted by molar-refractivity contribution is 6.30. The van der Waals surface area contributed by atoms with Crippen molar-refractivity contribution in [3.8, 4) is 5.75 Å². The van der Waals surface area contributed by atoms with Crippen molar-refractivity contribution in [2.75, 3.05) is 19.7 Å². The van der Waals surface area contributed by atoms with E-state index in [-0.39, 0.29) is 60.8 Å². The van der Waals surface area contributed by atoms with E-state index in [2.05, 4.69) is 15.2 Å². The maximum Gasteiger partial charge on any atom is 0.522 e. The molecule has 36 heavy (non-hydrogen) atoms. The molecule has 13 heteroatoms. The third-order valence-electron chi connectivity index (χ3n) is 6.28. The standard InChI is InChI=1S/C23H25ClF4N4O4/c24-19-6-5-17(9-20(19)25)35-13-21(33)30-15-1-3-16(4-2-15)32-11-14(10-29-32)22(34)31-8-7-18(12-31)36-23(26,27)28/h5-6,9-11,15-16,18H,1-4,7-8,12-13H2,(H,30,33)/t15?,16?,18-/m0/s1. The van der Waals surface area contributed by atoms with E-state index in [0.717, 1.165) is 6.07 Å². The summed E-state index contributed by atoms with van der Waals surface area (Å²) in [6.45, 7) is -0.186. The van der Waals surface area contributed by atoms with E-state index in [0.29, 0.717) is 31.2 Å². The Bertz CT molecular complexity index is 1090. The number of rotatable bonds is 7. The molecule has 2 aliphatic rings. The summed E-state index contributed by atoms with van der Waals surface area (Å²) in [5.41, 5.74) is 0.314. The highest BCUT2D eigenvalue weighted by Gasteiger charge is 2.38. The minimum absolute atomic E-state index is 0.0301. The molecule has 1 aromatic carbocycles. The summed E-state index contributed by atoms with van der Waals surface area (Å²) in [6, 6.07) is 3.93. The monoisotopic (exact) mass is 532 g/mol. The zero-order chi connectivity index (χ0) is 25.9. The van der Waals surface area contributed by atoms with Crippen LogP contribution in [0.5, 0.6) is 5.75 Å². The fourth-order valence-electron chi connectivity index (χ4n) is 4.50. The van der Waals surface area contributed by atoms with Gasteiger partial charge in [0.1, 0.15) is 11.6 Å². The molecule has 8 nitrogen and oxygen atoms in total. The molecule has 196 valence electrons. The van der Waals surface area contributed by atoms with Crippen molar-refractivity contribution in [3.05, 3.63) is 47.0 Å². The van der Waals surface area contributed by atoms with Crippen LogP contribution >= 0.6 is 11.6 Å². The minimum atomic E-state index is -4.73. The molecule has 0 unspecified atom stereocenters. The number of amides is 2. The number of nitrogens with zero attached hydrogens (tertiary/aromatic N) is 3. The predicted molar refractivity (Wildman–Crippen MR) is 120 cm³/mol. The summed E-state index contributed by atoms with van der Waals surface area (Å²) in [4.78, 5) is 26.2. The van der Waals surface area contributed by atoms with Crippen molar-refractivity contribution in [2.24, 2.45) is 0 Å². The summed E-state index contributed by atoms with van der Waals surface area (Å²) >= 11 is 5.63. The summed E-state index contributed by atoms with van der Waals surface area (Å²) in [6.07, 6.45) is 0.187. The largest absolute Gasteiger partial charge is 0.522 e. The van der Waals surface area contributed by atoms with E-state index in [1.807, 2.05) is 0 Å². The van der Waals surface area contributed by atoms with Crippen LogP contribution in [-0.2, 0) is 9.53 Å². The van der Waals surface area contributed by atoms with Gasteiger partial charge in [0.25, 0.3) is 11.8 Å². The zero-order valence-electron chi connectivity index (χ0n) is 19.1. The topological polar surface area (TPSA) is 85.7 Å². The SMILES string of the molecule is O=C(COc1ccc(Cl)c(F)c1)NC1CCC(n2cc(C(=O)N3CC[C@H](OC(F)(F)F)C3)cn2)CC1. The first-order chi connectivity index (χ1) is 17.1. The van der Waals surface area contributed by atoms with Crippen LogP contribution in [0, 0.1) is 5.82 Å². The van der Waals surface area contributed by atoms with Crippen molar-refractivity contribution in [1.29, 1.82) is 0 Å². The lowest BCUT2D eigenvalue weighted by Crippen LogP contribution is -2.40. The maximum atomic E-state index is 13.5. The molecule has 0 bridgehead atoms. The van der Waals surface area contributed by atoms with Crippen molar-refractivity contribution >= 4 is 23.4 Å². The summed E-state index contributed by atoms with van der Waals surface area (Å²) < 4.78 is 61.7. The van der Waals surface area contributed by atoms with Crippen LogP contribution in [0.3, 0.4) is 0 Å². The van der Waals surface area contributed by atoms with E-state index in [9.17, 15) is 27.2 Å². The molecule has 2 amide bonds. The van der Waals surface area contributed by atoms with E-state index in [1.165, 1.54) is 23.2 Å². The number of alkyl halides is 3. The Morgan fingerprint density at radius 3 is 2.61 bits per heavy atom. The molecule has 1 atom stereocenters. The van der Waals surface area contributed by atoms with Crippen LogP contribution in [0.25, 0.3) is 0 Å². The number of benzene rings is 1. The highest BCUT2D eigenvalue weighted by atomic mass is 35.5. The van der Waals surface area contributed by atoms with Crippen LogP contribution in [0.4, 0.5) is 17.6 Å². The van der Waals surface area contributed by atoms with Crippen molar-refractivity contribution < 1.29 is 36.6 Å². The van der Waals surface area contributed by atoms with E-state index in [4.69, 9.17) is 16.3 Å². The average Bonchev–Trinajstić information content (AvgIpc) is 3.49. The number of carbonyl (C=O) groups excluding carboxylic acids is 2. The molecular weight excluding hydrogens is 508 g/mol. The predicted octanol–water partition coefficient (Wildman–Crippen LogP) is 4.11. The normalized spacial score (nSPS) is 22.5. The van der Waals surface area contributed by atoms with Gasteiger partial charge in [0.2, 0.25) is 0 Å². The Labute approximate surface area is 209 Å². The molecule has 1 saturated carbocycles. The molecule has 1 aromatic heterocycles. The molecular formula is C23H25ClF4N4O4. The number of hydrogen-bond acceptors (Lipinski definition) is 5. The lowest BCUT2D eigenvalue weighted by molar-refractivity contribution is -0.340. The third kappa shape index (κ3) is 6.88. The van der Waals surface area contributed by atoms with Crippen LogP contribution in [-0.4, -0.2) is 64.7 Å². The Balaban J connectivity index is 1.21. The van der Waals surface area contributed by atoms with Gasteiger partial charge in [-0.25, -0.2) is 4.39 Å². The molecule has 2 aromatic rings. The van der Waals surface area contributed by atoms with Crippen LogP contribution in [0.1, 0.15) is 48.5 Å². The van der Waals surface area contributed by atoms with Crippen LogP contribution in [0.15, 0.2) is 30.6 Å². The molecule has 1 aliphatic carbocycles. The number of aromatic nitrogens is 2. The third-order valence-corrected chi connectivity index (χ3v) is 6.58. The number of likely N-dealkylation sites (tertiary alicyclic amines) is 1. The number of nitrogens with one attached hydrogen (secondary N) is 1. The summed E-state index contributed by atoms with van der Waals surface area (Å²) in [7, 11) is 0. The molecule has 2 heterocycles. The van der Waals surface area contributed by atoms with E-state index in [1.54, 1.807) is 10.9 Å². The van der Waals surface area contributed by atoms with Gasteiger partial charge in [0.05, 0.1) is 28.9 Å². The number of carbonyl (C=O) groups is 2. The Hall–Kier alpha value is -2.86. The van der Waals surface area contributed by atoms with E-state index >= 15 is 0 Å². The first-order valence-corrected chi connectivity index (χ1v) is 11.9. The maximum absolute atomic E-state index is 13.5. The second-order valence-electron chi connectivity index (χ2n) is 8.87. The zero-order valence-corrected chi connectivity index (χ0v) is 19.9. The van der Waals surface area contributed by atoms with Gasteiger partial charge in [-0.1, -0.05) is 11.6 Å². The van der Waals surface area contributed by atoms with Gasteiger partial charge in [-0.05, 0) is 44.2 Å². The molecule has 0 spiro atoms. The minimum Gasteiger partial charge on any atom is -0.484 e. The summed E-state index contributed by atoms with van der Waals surface area (Å²) in [5, 5.41) is 7.16. The smallest absolute Gasteiger partial charge is 0.484 e. The Morgan fingerprint density at radius 2 is 1.92 bits per heavy atom. The van der Waals surface area contributed by atoms with Gasteiger partial charge in [-0.15, -0.1) is 13.2 Å². The second kappa shape index (κ2) is 11.0. The number of hydrogen-bond donors (Lipinski definition) is 1. The number of halogens is 5. The fourth-order valence-corrected chi connectivity index (χ4v) is 4.62. The van der Waals surface area contributed by atoms with E-state index < -0.39 is 18.3 Å². The van der Waals surface area contributed by atoms with Gasteiger partial charge in [-0.3, -0.25) is 19.0 Å². The highest BCUT2D eigenvalue weighted by Crippen LogP contribution is 2.29. The first-order valence-electron chi connectivity index (χ1n) is 11.5. The van der Waals surface area contributed by atoms with Gasteiger partial charge in [-0.2, -0.15) is 5.10 Å². The van der Waals surface area contributed by atoms with Crippen LogP contribution < -0.4 is 10.1 Å². The molecule has 1 aliphatic heterocycles. The quantitative estimate of drug-likeness (QED) is 0.543. The Morgan fingerprint density at radius 1 is 1.17 bits per heavy atom. The Kier molecular flexibility index (Phi) is 8.04. The van der Waals surface area contributed by atoms with Crippen LogP contribution in [0.2, 0.25) is 5.02 Å². The van der Waals surface area contributed by atoms with Gasteiger partial charge in [0, 0.05) is 31.4 Å². The van der Waals surface area contributed by atoms with Crippen molar-refractivity contribution in [3.63, 3.8) is 0 Å². The lowest BCUT2D eigenvalue weighted by Gasteiger charge is -2.29. The summed E-state index contributed by atoms with van der Waals surface area (Å²) in [5.74, 6) is -1.12.